The van der Waals surface area contributed by atoms with Crippen molar-refractivity contribution in [3.63, 3.8) is 0 Å². The normalized spacial score (nSPS) is 15.4. The Hall–Kier alpha value is -1.51. The number of benzene rings is 1. The van der Waals surface area contributed by atoms with E-state index in [1.54, 1.807) is 0 Å². The van der Waals surface area contributed by atoms with E-state index in [9.17, 15) is 4.79 Å². The lowest BCUT2D eigenvalue weighted by Crippen LogP contribution is -2.37. The van der Waals surface area contributed by atoms with Crippen molar-refractivity contribution in [2.75, 3.05) is 12.3 Å². The second-order valence-corrected chi connectivity index (χ2v) is 6.33. The summed E-state index contributed by atoms with van der Waals surface area (Å²) in [6.45, 7) is 7.82. The van der Waals surface area contributed by atoms with E-state index in [1.165, 1.54) is 11.1 Å². The lowest BCUT2D eigenvalue weighted by Gasteiger charge is -2.31. The Morgan fingerprint density at radius 3 is 2.72 bits per heavy atom. The molecule has 0 fully saturated rings. The quantitative estimate of drug-likeness (QED) is 0.774. The molecule has 0 radical (unpaired) electrons. The Morgan fingerprint density at radius 1 is 1.33 bits per heavy atom. The van der Waals surface area contributed by atoms with Gasteiger partial charge in [0.05, 0.1) is 0 Å². The van der Waals surface area contributed by atoms with Crippen LogP contribution in [0, 0.1) is 5.41 Å². The Kier molecular flexibility index (Phi) is 3.33. The summed E-state index contributed by atoms with van der Waals surface area (Å²) in [5.41, 5.74) is 9.15. The van der Waals surface area contributed by atoms with Gasteiger partial charge in [-0.1, -0.05) is 26.8 Å². The van der Waals surface area contributed by atoms with Crippen LogP contribution in [0.25, 0.3) is 0 Å². The van der Waals surface area contributed by atoms with E-state index in [-0.39, 0.29) is 11.3 Å². The fourth-order valence-corrected chi connectivity index (χ4v) is 2.36. The van der Waals surface area contributed by atoms with E-state index < -0.39 is 0 Å². The molecule has 0 saturated carbocycles. The van der Waals surface area contributed by atoms with E-state index in [0.717, 1.165) is 18.7 Å². The summed E-state index contributed by atoms with van der Waals surface area (Å²) in [5, 5.41) is 0. The molecule has 2 rings (SSSR count). The van der Waals surface area contributed by atoms with Gasteiger partial charge in [-0.25, -0.2) is 0 Å². The van der Waals surface area contributed by atoms with Gasteiger partial charge in [-0.3, -0.25) is 4.79 Å². The number of anilines is 1. The first-order chi connectivity index (χ1) is 8.35. The molecule has 0 aromatic heterocycles. The highest BCUT2D eigenvalue weighted by atomic mass is 16.2. The second-order valence-electron chi connectivity index (χ2n) is 6.33. The first kappa shape index (κ1) is 12.9. The molecule has 98 valence electrons. The first-order valence-corrected chi connectivity index (χ1v) is 6.50. The lowest BCUT2D eigenvalue weighted by atomic mass is 9.90. The van der Waals surface area contributed by atoms with Gasteiger partial charge < -0.3 is 10.6 Å². The van der Waals surface area contributed by atoms with Crippen molar-refractivity contribution in [3.05, 3.63) is 29.3 Å². The molecule has 3 heteroatoms. The molecule has 1 aromatic rings. The van der Waals surface area contributed by atoms with Crippen LogP contribution in [-0.2, 0) is 17.8 Å². The number of nitrogens with two attached hydrogens (primary N) is 1. The monoisotopic (exact) mass is 246 g/mol. The van der Waals surface area contributed by atoms with Crippen LogP contribution in [0.5, 0.6) is 0 Å². The molecule has 1 aromatic carbocycles. The van der Waals surface area contributed by atoms with Crippen molar-refractivity contribution in [2.45, 2.75) is 40.2 Å². The van der Waals surface area contributed by atoms with E-state index in [1.807, 2.05) is 17.0 Å². The van der Waals surface area contributed by atoms with Crippen molar-refractivity contribution in [1.29, 1.82) is 0 Å². The zero-order chi connectivity index (χ0) is 13.3. The summed E-state index contributed by atoms with van der Waals surface area (Å²) >= 11 is 0. The fraction of sp³-hybridized carbons (Fsp3) is 0.533. The predicted octanol–water partition coefficient (Wildman–Crippen LogP) is 2.59. The third kappa shape index (κ3) is 3.03. The Balaban J connectivity index is 2.09. The van der Waals surface area contributed by atoms with E-state index in [2.05, 4.69) is 26.8 Å². The molecule has 0 atom stereocenters. The van der Waals surface area contributed by atoms with E-state index in [4.69, 9.17) is 5.73 Å². The van der Waals surface area contributed by atoms with Crippen molar-refractivity contribution >= 4 is 11.6 Å². The minimum Gasteiger partial charge on any atom is -0.399 e. The zero-order valence-corrected chi connectivity index (χ0v) is 11.5. The molecule has 1 aliphatic heterocycles. The van der Waals surface area contributed by atoms with Crippen LogP contribution in [0.3, 0.4) is 0 Å². The van der Waals surface area contributed by atoms with Crippen molar-refractivity contribution in [1.82, 2.24) is 4.90 Å². The number of carbonyl (C=O) groups is 1. The van der Waals surface area contributed by atoms with Crippen LogP contribution in [0.4, 0.5) is 5.69 Å². The summed E-state index contributed by atoms with van der Waals surface area (Å²) in [6, 6.07) is 6.01. The second kappa shape index (κ2) is 4.63. The first-order valence-electron chi connectivity index (χ1n) is 6.50. The van der Waals surface area contributed by atoms with Crippen LogP contribution in [0.1, 0.15) is 38.3 Å². The van der Waals surface area contributed by atoms with Gasteiger partial charge in [-0.2, -0.15) is 0 Å². The molecule has 0 unspecified atom stereocenters. The molecule has 0 aliphatic carbocycles. The van der Waals surface area contributed by atoms with Crippen LogP contribution in [0.15, 0.2) is 18.2 Å². The molecule has 1 heterocycles. The van der Waals surface area contributed by atoms with Gasteiger partial charge in [-0.15, -0.1) is 0 Å². The fourth-order valence-electron chi connectivity index (χ4n) is 2.36. The zero-order valence-electron chi connectivity index (χ0n) is 11.5. The van der Waals surface area contributed by atoms with Crippen molar-refractivity contribution in [3.8, 4) is 0 Å². The van der Waals surface area contributed by atoms with Gasteiger partial charge in [0, 0.05) is 25.2 Å². The number of rotatable bonds is 1. The van der Waals surface area contributed by atoms with Crippen molar-refractivity contribution < 1.29 is 4.79 Å². The third-order valence-corrected chi connectivity index (χ3v) is 3.28. The molecule has 0 saturated heterocycles. The topological polar surface area (TPSA) is 46.3 Å². The highest BCUT2D eigenvalue weighted by molar-refractivity contribution is 5.77. The lowest BCUT2D eigenvalue weighted by molar-refractivity contribution is -0.134. The third-order valence-electron chi connectivity index (χ3n) is 3.28. The number of fused-ring (bicyclic) bond motifs is 1. The Bertz CT molecular complexity index is 460. The summed E-state index contributed by atoms with van der Waals surface area (Å²) in [4.78, 5) is 14.2. The van der Waals surface area contributed by atoms with E-state index in [0.29, 0.717) is 13.0 Å². The summed E-state index contributed by atoms with van der Waals surface area (Å²) < 4.78 is 0. The van der Waals surface area contributed by atoms with Gasteiger partial charge in [0.25, 0.3) is 0 Å². The smallest absolute Gasteiger partial charge is 0.223 e. The number of nitrogens with zero attached hydrogens (tertiary/aromatic N) is 1. The molecular weight excluding hydrogens is 224 g/mol. The van der Waals surface area contributed by atoms with Crippen LogP contribution < -0.4 is 5.73 Å². The summed E-state index contributed by atoms with van der Waals surface area (Å²) in [7, 11) is 0. The SMILES string of the molecule is CC(C)(C)CC(=O)N1CCc2ccc(N)cc2C1. The number of hydrogen-bond donors (Lipinski definition) is 1. The average molecular weight is 246 g/mol. The van der Waals surface area contributed by atoms with Crippen LogP contribution in [0.2, 0.25) is 0 Å². The molecule has 3 nitrogen and oxygen atoms in total. The maximum atomic E-state index is 12.2. The van der Waals surface area contributed by atoms with E-state index >= 15 is 0 Å². The standard InChI is InChI=1S/C15H22N2O/c1-15(2,3)9-14(18)17-7-6-11-4-5-13(16)8-12(11)10-17/h4-5,8H,6-7,9-10,16H2,1-3H3. The molecule has 1 amide bonds. The summed E-state index contributed by atoms with van der Waals surface area (Å²) in [5.74, 6) is 0.246. The maximum absolute atomic E-state index is 12.2. The highest BCUT2D eigenvalue weighted by Gasteiger charge is 2.24. The van der Waals surface area contributed by atoms with Gasteiger partial charge in [-0.05, 0) is 35.1 Å². The maximum Gasteiger partial charge on any atom is 0.223 e. The Morgan fingerprint density at radius 2 is 2.06 bits per heavy atom. The molecule has 0 spiro atoms. The average Bonchev–Trinajstić information content (AvgIpc) is 2.25. The summed E-state index contributed by atoms with van der Waals surface area (Å²) in [6.07, 6.45) is 1.54. The number of hydrogen-bond acceptors (Lipinski definition) is 2. The van der Waals surface area contributed by atoms with Gasteiger partial charge in [0.15, 0.2) is 0 Å². The molecule has 0 bridgehead atoms. The number of amides is 1. The number of carbonyl (C=O) groups excluding carboxylic acids is 1. The van der Waals surface area contributed by atoms with Crippen LogP contribution >= 0.6 is 0 Å². The highest BCUT2D eigenvalue weighted by Crippen LogP contribution is 2.25. The van der Waals surface area contributed by atoms with Gasteiger partial charge in [0.1, 0.15) is 0 Å². The molecule has 2 N–H and O–H groups in total. The molecule has 1 aliphatic rings. The predicted molar refractivity (Wildman–Crippen MR) is 74.0 cm³/mol. The molecule has 18 heavy (non-hydrogen) atoms. The van der Waals surface area contributed by atoms with Gasteiger partial charge in [0.2, 0.25) is 5.91 Å². The Labute approximate surface area is 109 Å². The van der Waals surface area contributed by atoms with Gasteiger partial charge >= 0.3 is 0 Å². The largest absolute Gasteiger partial charge is 0.399 e. The van der Waals surface area contributed by atoms with Crippen LogP contribution in [-0.4, -0.2) is 17.4 Å². The number of nitrogen functional groups attached to an aromatic ring is 1. The van der Waals surface area contributed by atoms with Crippen molar-refractivity contribution in [2.24, 2.45) is 5.41 Å². The minimum absolute atomic E-state index is 0.0487. The molecular formula is C15H22N2O. The minimum atomic E-state index is 0.0487.